The first-order valence-corrected chi connectivity index (χ1v) is 5.71. The van der Waals surface area contributed by atoms with E-state index >= 15 is 0 Å². The van der Waals surface area contributed by atoms with Crippen molar-refractivity contribution in [2.24, 2.45) is 0 Å². The first-order valence-electron chi connectivity index (χ1n) is 5.71. The lowest BCUT2D eigenvalue weighted by molar-refractivity contribution is 0.104. The SMILES string of the molecule is COCCCC(O)C1COc2ccccc21. The molecular weight excluding hydrogens is 204 g/mol. The summed E-state index contributed by atoms with van der Waals surface area (Å²) in [7, 11) is 1.68. The lowest BCUT2D eigenvalue weighted by Crippen LogP contribution is -2.20. The van der Waals surface area contributed by atoms with Crippen LogP contribution in [0, 0.1) is 0 Å². The summed E-state index contributed by atoms with van der Waals surface area (Å²) in [5.74, 6) is 1.03. The van der Waals surface area contributed by atoms with E-state index < -0.39 is 0 Å². The lowest BCUT2D eigenvalue weighted by Gasteiger charge is -2.16. The molecule has 3 heteroatoms. The highest BCUT2D eigenvalue weighted by Gasteiger charge is 2.29. The second kappa shape index (κ2) is 5.32. The second-order valence-corrected chi connectivity index (χ2v) is 4.16. The van der Waals surface area contributed by atoms with Crippen molar-refractivity contribution >= 4 is 0 Å². The van der Waals surface area contributed by atoms with Gasteiger partial charge >= 0.3 is 0 Å². The van der Waals surface area contributed by atoms with E-state index in [2.05, 4.69) is 0 Å². The topological polar surface area (TPSA) is 38.7 Å². The number of aliphatic hydroxyl groups excluding tert-OH is 1. The Labute approximate surface area is 96.0 Å². The van der Waals surface area contributed by atoms with Crippen molar-refractivity contribution in [2.45, 2.75) is 24.9 Å². The molecule has 1 aromatic carbocycles. The second-order valence-electron chi connectivity index (χ2n) is 4.16. The third kappa shape index (κ3) is 2.36. The van der Waals surface area contributed by atoms with Gasteiger partial charge in [0.2, 0.25) is 0 Å². The van der Waals surface area contributed by atoms with Gasteiger partial charge < -0.3 is 14.6 Å². The molecule has 0 saturated heterocycles. The molecule has 2 rings (SSSR count). The minimum atomic E-state index is -0.334. The van der Waals surface area contributed by atoms with Crippen LogP contribution in [0.15, 0.2) is 24.3 Å². The molecule has 16 heavy (non-hydrogen) atoms. The molecule has 0 fully saturated rings. The van der Waals surface area contributed by atoms with Crippen molar-refractivity contribution in [1.29, 1.82) is 0 Å². The number of ether oxygens (including phenoxy) is 2. The summed E-state index contributed by atoms with van der Waals surface area (Å²) >= 11 is 0. The largest absolute Gasteiger partial charge is 0.493 e. The number of fused-ring (bicyclic) bond motifs is 1. The number of hydrogen-bond donors (Lipinski definition) is 1. The molecule has 0 saturated carbocycles. The fourth-order valence-electron chi connectivity index (χ4n) is 2.14. The Kier molecular flexibility index (Phi) is 3.80. The summed E-state index contributed by atoms with van der Waals surface area (Å²) in [6.45, 7) is 1.29. The van der Waals surface area contributed by atoms with Crippen LogP contribution in [0.5, 0.6) is 5.75 Å². The van der Waals surface area contributed by atoms with Crippen LogP contribution < -0.4 is 4.74 Å². The molecule has 1 aliphatic rings. The molecule has 0 amide bonds. The van der Waals surface area contributed by atoms with Crippen LogP contribution in [0.4, 0.5) is 0 Å². The molecule has 0 spiro atoms. The number of para-hydroxylation sites is 1. The Balaban J connectivity index is 1.96. The van der Waals surface area contributed by atoms with E-state index in [1.54, 1.807) is 7.11 Å². The van der Waals surface area contributed by atoms with Gasteiger partial charge in [0.15, 0.2) is 0 Å². The Hall–Kier alpha value is -1.06. The van der Waals surface area contributed by atoms with Gasteiger partial charge in [0.25, 0.3) is 0 Å². The Morgan fingerprint density at radius 1 is 1.50 bits per heavy atom. The summed E-state index contributed by atoms with van der Waals surface area (Å²) in [5, 5.41) is 10.1. The standard InChI is InChI=1S/C13H18O3/c1-15-8-4-6-12(14)11-9-16-13-7-3-2-5-10(11)13/h2-3,5,7,11-12,14H,4,6,8-9H2,1H3. The van der Waals surface area contributed by atoms with Crippen molar-refractivity contribution < 1.29 is 14.6 Å². The highest BCUT2D eigenvalue weighted by Crippen LogP contribution is 2.36. The third-order valence-electron chi connectivity index (χ3n) is 3.05. The van der Waals surface area contributed by atoms with Crippen LogP contribution >= 0.6 is 0 Å². The molecule has 3 nitrogen and oxygen atoms in total. The molecule has 0 bridgehead atoms. The number of methoxy groups -OCH3 is 1. The molecule has 1 N–H and O–H groups in total. The number of hydrogen-bond acceptors (Lipinski definition) is 3. The summed E-state index contributed by atoms with van der Waals surface area (Å²) in [5.41, 5.74) is 1.13. The fourth-order valence-corrected chi connectivity index (χ4v) is 2.14. The summed E-state index contributed by atoms with van der Waals surface area (Å²) in [6.07, 6.45) is 1.31. The first kappa shape index (κ1) is 11.4. The van der Waals surface area contributed by atoms with E-state index in [0.717, 1.165) is 24.2 Å². The molecule has 88 valence electrons. The molecule has 0 radical (unpaired) electrons. The van der Waals surface area contributed by atoms with Gasteiger partial charge in [-0.15, -0.1) is 0 Å². The van der Waals surface area contributed by atoms with Crippen molar-refractivity contribution in [1.82, 2.24) is 0 Å². The van der Waals surface area contributed by atoms with Crippen LogP contribution in [0.3, 0.4) is 0 Å². The number of benzene rings is 1. The molecule has 1 heterocycles. The van der Waals surface area contributed by atoms with Gasteiger partial charge in [-0.3, -0.25) is 0 Å². The van der Waals surface area contributed by atoms with Crippen LogP contribution in [0.2, 0.25) is 0 Å². The van der Waals surface area contributed by atoms with Crippen LogP contribution in [0.1, 0.15) is 24.3 Å². The molecule has 0 aromatic heterocycles. The molecule has 1 aliphatic heterocycles. The minimum absolute atomic E-state index is 0.119. The van der Waals surface area contributed by atoms with Gasteiger partial charge in [0.05, 0.1) is 12.7 Å². The van der Waals surface area contributed by atoms with Crippen LogP contribution in [-0.4, -0.2) is 31.5 Å². The Morgan fingerprint density at radius 3 is 3.12 bits per heavy atom. The highest BCUT2D eigenvalue weighted by atomic mass is 16.5. The van der Waals surface area contributed by atoms with E-state index in [9.17, 15) is 5.11 Å². The van der Waals surface area contributed by atoms with Crippen LogP contribution in [0.25, 0.3) is 0 Å². The van der Waals surface area contributed by atoms with Gasteiger partial charge in [-0.1, -0.05) is 18.2 Å². The third-order valence-corrected chi connectivity index (χ3v) is 3.05. The van der Waals surface area contributed by atoms with Crippen molar-refractivity contribution in [3.05, 3.63) is 29.8 Å². The van der Waals surface area contributed by atoms with E-state index in [0.29, 0.717) is 13.2 Å². The Morgan fingerprint density at radius 2 is 2.31 bits per heavy atom. The fraction of sp³-hybridized carbons (Fsp3) is 0.538. The zero-order valence-electron chi connectivity index (χ0n) is 9.56. The highest BCUT2D eigenvalue weighted by molar-refractivity contribution is 5.40. The predicted molar refractivity (Wildman–Crippen MR) is 61.8 cm³/mol. The van der Waals surface area contributed by atoms with E-state index in [-0.39, 0.29) is 12.0 Å². The molecular formula is C13H18O3. The summed E-state index contributed by atoms with van der Waals surface area (Å²) < 4.78 is 10.5. The molecule has 2 atom stereocenters. The predicted octanol–water partition coefficient (Wildman–Crippen LogP) is 1.95. The van der Waals surface area contributed by atoms with E-state index in [1.807, 2.05) is 24.3 Å². The van der Waals surface area contributed by atoms with Crippen molar-refractivity contribution in [3.8, 4) is 5.75 Å². The molecule has 0 aliphatic carbocycles. The zero-order valence-corrected chi connectivity index (χ0v) is 9.56. The van der Waals surface area contributed by atoms with Gasteiger partial charge in [-0.25, -0.2) is 0 Å². The smallest absolute Gasteiger partial charge is 0.123 e. The van der Waals surface area contributed by atoms with Gasteiger partial charge in [-0.2, -0.15) is 0 Å². The van der Waals surface area contributed by atoms with Gasteiger partial charge in [-0.05, 0) is 18.9 Å². The van der Waals surface area contributed by atoms with Gasteiger partial charge in [0.1, 0.15) is 5.75 Å². The number of aliphatic hydroxyl groups is 1. The summed E-state index contributed by atoms with van der Waals surface area (Å²) in [4.78, 5) is 0. The first-order chi connectivity index (χ1) is 7.83. The summed E-state index contributed by atoms with van der Waals surface area (Å²) in [6, 6.07) is 7.94. The zero-order chi connectivity index (χ0) is 11.4. The van der Waals surface area contributed by atoms with Crippen molar-refractivity contribution in [3.63, 3.8) is 0 Å². The van der Waals surface area contributed by atoms with E-state index in [1.165, 1.54) is 0 Å². The Bertz CT molecular complexity index is 338. The van der Waals surface area contributed by atoms with Crippen LogP contribution in [-0.2, 0) is 4.74 Å². The average Bonchev–Trinajstić information content (AvgIpc) is 2.73. The van der Waals surface area contributed by atoms with E-state index in [4.69, 9.17) is 9.47 Å². The quantitative estimate of drug-likeness (QED) is 0.774. The molecule has 2 unspecified atom stereocenters. The maximum atomic E-state index is 10.1. The maximum Gasteiger partial charge on any atom is 0.123 e. The average molecular weight is 222 g/mol. The minimum Gasteiger partial charge on any atom is -0.493 e. The normalized spacial score (nSPS) is 20.2. The monoisotopic (exact) mass is 222 g/mol. The van der Waals surface area contributed by atoms with Crippen molar-refractivity contribution in [2.75, 3.05) is 20.3 Å². The lowest BCUT2D eigenvalue weighted by atomic mass is 9.93. The molecule has 1 aromatic rings. The van der Waals surface area contributed by atoms with Gasteiger partial charge in [0, 0.05) is 25.2 Å². The number of rotatable bonds is 5. The maximum absolute atomic E-state index is 10.1.